The third kappa shape index (κ3) is 6.55. The van der Waals surface area contributed by atoms with Crippen LogP contribution in [0.5, 0.6) is 0 Å². The van der Waals surface area contributed by atoms with Gasteiger partial charge in [-0.2, -0.15) is 0 Å². The fourth-order valence-electron chi connectivity index (χ4n) is 3.14. The first-order valence-corrected chi connectivity index (χ1v) is 9.32. The maximum absolute atomic E-state index is 13.1. The molecular weight excluding hydrogens is 323 g/mol. The zero-order chi connectivity index (χ0) is 18.9. The van der Waals surface area contributed by atoms with Gasteiger partial charge in [0.25, 0.3) is 0 Å². The van der Waals surface area contributed by atoms with Crippen molar-refractivity contribution in [2.24, 2.45) is 0 Å². The van der Waals surface area contributed by atoms with Gasteiger partial charge in [-0.25, -0.2) is 4.39 Å². The second kappa shape index (κ2) is 10.0. The van der Waals surface area contributed by atoms with Gasteiger partial charge in [0.15, 0.2) is 0 Å². The maximum Gasteiger partial charge on any atom is 0.0976 e. The standard InChI is InChI=1S/C23H31FN2/c1-5-26(16-19(3)25-4)17-23-12-11-22(15-23)14-21-8-6-7-20(13-21)10-9-18(2)24/h5-8,11,13,15,18,25H,1,3,9-10,12,14,16-17H2,2,4H3. The molecule has 3 heteroatoms. The lowest BCUT2D eigenvalue weighted by Crippen LogP contribution is -2.25. The highest BCUT2D eigenvalue weighted by Gasteiger charge is 2.11. The van der Waals surface area contributed by atoms with Crippen molar-refractivity contribution in [3.8, 4) is 0 Å². The van der Waals surface area contributed by atoms with E-state index < -0.39 is 6.17 Å². The van der Waals surface area contributed by atoms with Crippen LogP contribution in [0.3, 0.4) is 0 Å². The van der Waals surface area contributed by atoms with Gasteiger partial charge in [-0.1, -0.05) is 49.6 Å². The minimum atomic E-state index is -0.742. The Morgan fingerprint density at radius 1 is 1.38 bits per heavy atom. The van der Waals surface area contributed by atoms with Crippen LogP contribution in [0.15, 0.2) is 72.6 Å². The summed E-state index contributed by atoms with van der Waals surface area (Å²) >= 11 is 0. The van der Waals surface area contributed by atoms with Gasteiger partial charge in [-0.15, -0.1) is 0 Å². The molecule has 2 rings (SSSR count). The molecule has 1 aromatic rings. The average molecular weight is 355 g/mol. The highest BCUT2D eigenvalue weighted by Crippen LogP contribution is 2.23. The topological polar surface area (TPSA) is 15.3 Å². The van der Waals surface area contributed by atoms with Gasteiger partial charge in [-0.3, -0.25) is 0 Å². The summed E-state index contributed by atoms with van der Waals surface area (Å²) in [7, 11) is 1.89. The van der Waals surface area contributed by atoms with Crippen LogP contribution in [0.2, 0.25) is 0 Å². The van der Waals surface area contributed by atoms with Gasteiger partial charge in [-0.05, 0) is 61.1 Å². The van der Waals surface area contributed by atoms with Crippen LogP contribution < -0.4 is 5.32 Å². The SMILES string of the molecule is C=CN(CC(=C)NC)CC1=CC(Cc2cccc(CCC(C)F)c2)=CC1. The molecular formula is C23H31FN2. The first-order valence-electron chi connectivity index (χ1n) is 9.32. The number of nitrogens with one attached hydrogen (secondary N) is 1. The van der Waals surface area contributed by atoms with Crippen molar-refractivity contribution >= 4 is 0 Å². The van der Waals surface area contributed by atoms with Gasteiger partial charge in [0.1, 0.15) is 0 Å². The molecule has 1 atom stereocenters. The van der Waals surface area contributed by atoms with E-state index in [0.717, 1.165) is 38.0 Å². The molecule has 0 aromatic heterocycles. The second-order valence-electron chi connectivity index (χ2n) is 7.04. The highest BCUT2D eigenvalue weighted by molar-refractivity contribution is 5.38. The van der Waals surface area contributed by atoms with Crippen molar-refractivity contribution in [1.29, 1.82) is 0 Å². The first-order chi connectivity index (χ1) is 12.5. The molecule has 1 N–H and O–H groups in total. The Bertz CT molecular complexity index is 685. The minimum Gasteiger partial charge on any atom is -0.390 e. The Balaban J connectivity index is 1.92. The Labute approximate surface area is 157 Å². The molecule has 1 unspecified atom stereocenters. The molecule has 0 spiro atoms. The van der Waals surface area contributed by atoms with E-state index in [-0.39, 0.29) is 0 Å². The molecule has 0 heterocycles. The molecule has 1 aliphatic rings. The van der Waals surface area contributed by atoms with Gasteiger partial charge in [0.2, 0.25) is 0 Å². The highest BCUT2D eigenvalue weighted by atomic mass is 19.1. The van der Waals surface area contributed by atoms with Crippen LogP contribution in [0, 0.1) is 0 Å². The zero-order valence-corrected chi connectivity index (χ0v) is 16.1. The van der Waals surface area contributed by atoms with E-state index in [1.165, 1.54) is 22.3 Å². The van der Waals surface area contributed by atoms with E-state index in [4.69, 9.17) is 0 Å². The van der Waals surface area contributed by atoms with Crippen molar-refractivity contribution in [3.63, 3.8) is 0 Å². The van der Waals surface area contributed by atoms with Gasteiger partial charge in [0.05, 0.1) is 12.7 Å². The summed E-state index contributed by atoms with van der Waals surface area (Å²) in [6.45, 7) is 11.1. The molecule has 0 amide bonds. The molecule has 0 bridgehead atoms. The van der Waals surface area contributed by atoms with E-state index in [9.17, 15) is 4.39 Å². The van der Waals surface area contributed by atoms with Crippen molar-refractivity contribution in [2.45, 2.75) is 38.8 Å². The second-order valence-corrected chi connectivity index (χ2v) is 7.04. The molecule has 0 saturated carbocycles. The lowest BCUT2D eigenvalue weighted by Gasteiger charge is -2.21. The fraction of sp³-hybridized carbons (Fsp3) is 0.391. The summed E-state index contributed by atoms with van der Waals surface area (Å²) in [5.41, 5.74) is 6.25. The third-order valence-electron chi connectivity index (χ3n) is 4.66. The van der Waals surface area contributed by atoms with Crippen LogP contribution in [-0.4, -0.2) is 31.2 Å². The van der Waals surface area contributed by atoms with E-state index in [1.54, 1.807) is 6.92 Å². The molecule has 0 radical (unpaired) electrons. The van der Waals surface area contributed by atoms with Gasteiger partial charge in [0, 0.05) is 19.3 Å². The molecule has 1 aliphatic carbocycles. The van der Waals surface area contributed by atoms with Crippen LogP contribution in [-0.2, 0) is 12.8 Å². The smallest absolute Gasteiger partial charge is 0.0976 e. The summed E-state index contributed by atoms with van der Waals surface area (Å²) in [5.74, 6) is 0. The first kappa shape index (κ1) is 20.0. The van der Waals surface area contributed by atoms with Crippen molar-refractivity contribution in [3.05, 3.63) is 83.7 Å². The predicted octanol–water partition coefficient (Wildman–Crippen LogP) is 4.95. The van der Waals surface area contributed by atoms with E-state index in [2.05, 4.69) is 59.8 Å². The number of halogens is 1. The number of alkyl halides is 1. The number of allylic oxidation sites excluding steroid dienone is 3. The molecule has 0 aliphatic heterocycles. The summed E-state index contributed by atoms with van der Waals surface area (Å²) in [6, 6.07) is 8.54. The lowest BCUT2D eigenvalue weighted by molar-refractivity contribution is 0.341. The Morgan fingerprint density at radius 3 is 2.85 bits per heavy atom. The summed E-state index contributed by atoms with van der Waals surface area (Å²) in [5, 5.41) is 3.08. The molecule has 0 fully saturated rings. The molecule has 26 heavy (non-hydrogen) atoms. The summed E-state index contributed by atoms with van der Waals surface area (Å²) in [6.07, 6.45) is 9.05. The number of aryl methyl sites for hydroxylation is 1. The van der Waals surface area contributed by atoms with Crippen LogP contribution in [0.25, 0.3) is 0 Å². The van der Waals surface area contributed by atoms with Crippen molar-refractivity contribution in [2.75, 3.05) is 20.1 Å². The van der Waals surface area contributed by atoms with E-state index >= 15 is 0 Å². The summed E-state index contributed by atoms with van der Waals surface area (Å²) in [4.78, 5) is 2.17. The third-order valence-corrected chi connectivity index (χ3v) is 4.66. The zero-order valence-electron chi connectivity index (χ0n) is 16.1. The molecule has 140 valence electrons. The molecule has 0 saturated heterocycles. The average Bonchev–Trinajstić information content (AvgIpc) is 3.06. The minimum absolute atomic E-state index is 0.589. The normalized spacial score (nSPS) is 14.4. The van der Waals surface area contributed by atoms with E-state index in [0.29, 0.717) is 6.42 Å². The maximum atomic E-state index is 13.1. The number of rotatable bonds is 11. The number of likely N-dealkylation sites (N-methyl/N-ethyl adjacent to an activating group) is 1. The Kier molecular flexibility index (Phi) is 7.71. The largest absolute Gasteiger partial charge is 0.390 e. The van der Waals surface area contributed by atoms with E-state index in [1.807, 2.05) is 13.2 Å². The Hall–Kier alpha value is -2.29. The van der Waals surface area contributed by atoms with Crippen LogP contribution in [0.1, 0.15) is 30.9 Å². The van der Waals surface area contributed by atoms with Gasteiger partial charge >= 0.3 is 0 Å². The molecule has 1 aromatic carbocycles. The summed E-state index contributed by atoms with van der Waals surface area (Å²) < 4.78 is 13.1. The predicted molar refractivity (Wildman–Crippen MR) is 110 cm³/mol. The molecule has 2 nitrogen and oxygen atoms in total. The van der Waals surface area contributed by atoms with Crippen LogP contribution in [0.4, 0.5) is 4.39 Å². The lowest BCUT2D eigenvalue weighted by atomic mass is 10.0. The van der Waals surface area contributed by atoms with Crippen LogP contribution >= 0.6 is 0 Å². The number of benzene rings is 1. The number of hydrogen-bond donors (Lipinski definition) is 1. The van der Waals surface area contributed by atoms with Crippen molar-refractivity contribution in [1.82, 2.24) is 10.2 Å². The fourth-order valence-corrected chi connectivity index (χ4v) is 3.14. The van der Waals surface area contributed by atoms with Gasteiger partial charge < -0.3 is 10.2 Å². The number of nitrogens with zero attached hydrogens (tertiary/aromatic N) is 1. The Morgan fingerprint density at radius 2 is 2.15 bits per heavy atom. The monoisotopic (exact) mass is 354 g/mol. The quantitative estimate of drug-likeness (QED) is 0.604. The number of hydrogen-bond acceptors (Lipinski definition) is 2. The van der Waals surface area contributed by atoms with Crippen molar-refractivity contribution < 1.29 is 4.39 Å².